The molecule has 0 saturated heterocycles. The van der Waals surface area contributed by atoms with E-state index in [1.165, 1.54) is 0 Å². The fraction of sp³-hybridized carbons (Fsp3) is 0.357. The van der Waals surface area contributed by atoms with Crippen LogP contribution in [0.1, 0.15) is 31.3 Å². The molecular formula is C14H18ClNS. The summed E-state index contributed by atoms with van der Waals surface area (Å²) in [6.45, 7) is 14.5. The lowest BCUT2D eigenvalue weighted by Crippen LogP contribution is -2.09. The Morgan fingerprint density at radius 2 is 1.82 bits per heavy atom. The van der Waals surface area contributed by atoms with Crippen molar-refractivity contribution in [3.8, 4) is 0 Å². The van der Waals surface area contributed by atoms with Gasteiger partial charge in [0.25, 0.3) is 0 Å². The second-order valence-corrected chi connectivity index (χ2v) is 6.19. The van der Waals surface area contributed by atoms with E-state index in [1.54, 1.807) is 11.3 Å². The van der Waals surface area contributed by atoms with Gasteiger partial charge in [-0.3, -0.25) is 0 Å². The number of nitrogens with zero attached hydrogens (tertiary/aromatic N) is 1. The lowest BCUT2D eigenvalue weighted by molar-refractivity contribution is 0.587. The third-order valence-corrected chi connectivity index (χ3v) is 4.45. The zero-order valence-corrected chi connectivity index (χ0v) is 12.4. The average Bonchev–Trinajstić information content (AvgIpc) is 2.71. The minimum absolute atomic E-state index is 0.0981. The fourth-order valence-corrected chi connectivity index (χ4v) is 2.77. The maximum absolute atomic E-state index is 6.26. The zero-order valence-electron chi connectivity index (χ0n) is 10.8. The van der Waals surface area contributed by atoms with Gasteiger partial charge in [0, 0.05) is 5.41 Å². The first kappa shape index (κ1) is 14.2. The van der Waals surface area contributed by atoms with Gasteiger partial charge in [-0.15, -0.1) is 24.5 Å². The van der Waals surface area contributed by atoms with Gasteiger partial charge in [-0.2, -0.15) is 0 Å². The Balaban J connectivity index is 0.000000686. The molecule has 0 fully saturated rings. The molecule has 0 saturated carbocycles. The van der Waals surface area contributed by atoms with E-state index in [4.69, 9.17) is 11.6 Å². The smallest absolute Gasteiger partial charge is 0.0992 e. The Kier molecular flexibility index (Phi) is 4.34. The summed E-state index contributed by atoms with van der Waals surface area (Å²) in [4.78, 5) is 4.62. The molecule has 0 bridgehead atoms. The van der Waals surface area contributed by atoms with E-state index in [2.05, 4.69) is 38.9 Å². The molecule has 1 nitrogen and oxygen atoms in total. The molecule has 0 N–H and O–H groups in total. The largest absolute Gasteiger partial charge is 0.241 e. The summed E-state index contributed by atoms with van der Waals surface area (Å²) in [6, 6.07) is 4.07. The van der Waals surface area contributed by atoms with Crippen molar-refractivity contribution in [1.29, 1.82) is 0 Å². The number of aromatic nitrogens is 1. The van der Waals surface area contributed by atoms with E-state index in [0.29, 0.717) is 0 Å². The van der Waals surface area contributed by atoms with Gasteiger partial charge in [0.05, 0.1) is 20.2 Å². The highest BCUT2D eigenvalue weighted by molar-refractivity contribution is 7.19. The van der Waals surface area contributed by atoms with Gasteiger partial charge in [0.2, 0.25) is 0 Å². The molecule has 0 unspecified atom stereocenters. The minimum Gasteiger partial charge on any atom is -0.241 e. The van der Waals surface area contributed by atoms with Crippen molar-refractivity contribution in [2.24, 2.45) is 0 Å². The molecular weight excluding hydrogens is 250 g/mol. The first-order chi connectivity index (χ1) is 7.89. The van der Waals surface area contributed by atoms with Crippen molar-refractivity contribution in [3.63, 3.8) is 0 Å². The minimum atomic E-state index is 0.0981. The van der Waals surface area contributed by atoms with Crippen molar-refractivity contribution < 1.29 is 0 Å². The number of rotatable bonds is 0. The zero-order chi connectivity index (χ0) is 13.2. The predicted octanol–water partition coefficient (Wildman–Crippen LogP) is 5.36. The standard InChI is InChI=1S/C12H14ClNS.C2H4/c1-7-5-6-8-10(9(7)13)15-11(14-8)12(2,3)4;1-2/h5-6H,1-4H3;1-2H2. The second-order valence-electron chi connectivity index (χ2n) is 4.81. The van der Waals surface area contributed by atoms with Crippen molar-refractivity contribution in [1.82, 2.24) is 4.98 Å². The number of halogens is 1. The van der Waals surface area contributed by atoms with Gasteiger partial charge >= 0.3 is 0 Å². The van der Waals surface area contributed by atoms with Crippen LogP contribution in [0.25, 0.3) is 10.2 Å². The summed E-state index contributed by atoms with van der Waals surface area (Å²) >= 11 is 7.96. The molecule has 0 aliphatic rings. The lowest BCUT2D eigenvalue weighted by Gasteiger charge is -2.13. The Labute approximate surface area is 112 Å². The Hall–Kier alpha value is -0.860. The molecule has 2 rings (SSSR count). The molecule has 0 spiro atoms. The van der Waals surface area contributed by atoms with Crippen LogP contribution >= 0.6 is 22.9 Å². The predicted molar refractivity (Wildman–Crippen MR) is 79.3 cm³/mol. The van der Waals surface area contributed by atoms with Gasteiger partial charge in [0.1, 0.15) is 0 Å². The quantitative estimate of drug-likeness (QED) is 0.586. The van der Waals surface area contributed by atoms with Crippen molar-refractivity contribution in [2.75, 3.05) is 0 Å². The molecule has 3 heteroatoms. The Morgan fingerprint density at radius 3 is 2.35 bits per heavy atom. The van der Waals surface area contributed by atoms with Crippen LogP contribution in [0.5, 0.6) is 0 Å². The van der Waals surface area contributed by atoms with Gasteiger partial charge in [-0.05, 0) is 18.6 Å². The molecule has 0 amide bonds. The molecule has 0 radical (unpaired) electrons. The molecule has 1 aromatic heterocycles. The highest BCUT2D eigenvalue weighted by atomic mass is 35.5. The van der Waals surface area contributed by atoms with Crippen LogP contribution in [0.3, 0.4) is 0 Å². The molecule has 0 aliphatic carbocycles. The topological polar surface area (TPSA) is 12.9 Å². The molecule has 0 atom stereocenters. The van der Waals surface area contributed by atoms with E-state index >= 15 is 0 Å². The van der Waals surface area contributed by atoms with Crippen LogP contribution in [0.4, 0.5) is 0 Å². The van der Waals surface area contributed by atoms with Crippen LogP contribution in [0, 0.1) is 6.92 Å². The van der Waals surface area contributed by atoms with E-state index in [9.17, 15) is 0 Å². The maximum atomic E-state index is 6.26. The number of hydrogen-bond donors (Lipinski definition) is 0. The Morgan fingerprint density at radius 1 is 1.24 bits per heavy atom. The van der Waals surface area contributed by atoms with Crippen molar-refractivity contribution in [2.45, 2.75) is 33.1 Å². The fourth-order valence-electron chi connectivity index (χ4n) is 1.38. The van der Waals surface area contributed by atoms with E-state index < -0.39 is 0 Å². The van der Waals surface area contributed by atoms with Crippen LogP contribution in [0.15, 0.2) is 25.3 Å². The summed E-state index contributed by atoms with van der Waals surface area (Å²) in [7, 11) is 0. The van der Waals surface area contributed by atoms with Crippen molar-refractivity contribution >= 4 is 33.2 Å². The molecule has 92 valence electrons. The first-order valence-corrected chi connectivity index (χ1v) is 6.65. The summed E-state index contributed by atoms with van der Waals surface area (Å²) in [5, 5.41) is 1.99. The van der Waals surface area contributed by atoms with E-state index in [1.807, 2.05) is 19.1 Å². The highest BCUT2D eigenvalue weighted by Gasteiger charge is 2.19. The van der Waals surface area contributed by atoms with Crippen LogP contribution < -0.4 is 0 Å². The van der Waals surface area contributed by atoms with Crippen LogP contribution in [-0.2, 0) is 5.41 Å². The Bertz CT molecular complexity index is 523. The van der Waals surface area contributed by atoms with Crippen molar-refractivity contribution in [3.05, 3.63) is 40.9 Å². The molecule has 1 aromatic carbocycles. The summed E-state index contributed by atoms with van der Waals surface area (Å²) in [5.41, 5.74) is 2.23. The van der Waals surface area contributed by atoms with Crippen LogP contribution in [-0.4, -0.2) is 4.98 Å². The lowest BCUT2D eigenvalue weighted by atomic mass is 9.98. The summed E-state index contributed by atoms with van der Waals surface area (Å²) in [5.74, 6) is 0. The monoisotopic (exact) mass is 267 g/mol. The van der Waals surface area contributed by atoms with Gasteiger partial charge in [-0.25, -0.2) is 4.98 Å². The van der Waals surface area contributed by atoms with Crippen LogP contribution in [0.2, 0.25) is 5.02 Å². The number of fused-ring (bicyclic) bond motifs is 1. The first-order valence-electron chi connectivity index (χ1n) is 5.46. The molecule has 1 heterocycles. The van der Waals surface area contributed by atoms with Gasteiger partial charge < -0.3 is 0 Å². The number of hydrogen-bond acceptors (Lipinski definition) is 2. The molecule has 17 heavy (non-hydrogen) atoms. The SMILES string of the molecule is C=C.Cc1ccc2nc(C(C)(C)C)sc2c1Cl. The average molecular weight is 268 g/mol. The van der Waals surface area contributed by atoms with Gasteiger partial charge in [0.15, 0.2) is 0 Å². The molecule has 2 aromatic rings. The molecule has 0 aliphatic heterocycles. The maximum Gasteiger partial charge on any atom is 0.0992 e. The normalized spacial score (nSPS) is 11.1. The second kappa shape index (κ2) is 5.19. The number of thiazole rings is 1. The van der Waals surface area contributed by atoms with Gasteiger partial charge in [-0.1, -0.05) is 38.4 Å². The van der Waals surface area contributed by atoms with E-state index in [-0.39, 0.29) is 5.41 Å². The van der Waals surface area contributed by atoms with E-state index in [0.717, 1.165) is 25.8 Å². The summed E-state index contributed by atoms with van der Waals surface area (Å²) < 4.78 is 1.11. The number of benzene rings is 1. The highest BCUT2D eigenvalue weighted by Crippen LogP contribution is 2.36. The third-order valence-electron chi connectivity index (χ3n) is 2.33. The summed E-state index contributed by atoms with van der Waals surface area (Å²) in [6.07, 6.45) is 0. The number of aryl methyl sites for hydroxylation is 1. The third kappa shape index (κ3) is 2.88.